The second-order valence-corrected chi connectivity index (χ2v) is 12.2. The second-order valence-electron chi connectivity index (χ2n) is 12.2. The van der Waals surface area contributed by atoms with Gasteiger partial charge < -0.3 is 4.98 Å². The van der Waals surface area contributed by atoms with Crippen molar-refractivity contribution in [3.05, 3.63) is 151 Å². The van der Waals surface area contributed by atoms with Crippen molar-refractivity contribution in [3.8, 4) is 44.5 Å². The third-order valence-electron chi connectivity index (χ3n) is 9.81. The van der Waals surface area contributed by atoms with E-state index in [1.54, 1.807) is 5.56 Å². The molecule has 1 radical (unpaired) electrons. The van der Waals surface area contributed by atoms with Gasteiger partial charge in [-0.25, -0.2) is 0 Å². The van der Waals surface area contributed by atoms with Gasteiger partial charge in [0.2, 0.25) is 0 Å². The third-order valence-corrected chi connectivity index (χ3v) is 9.81. The second kappa shape index (κ2) is 11.0. The first-order chi connectivity index (χ1) is 21.3. The average molecular weight is 741 g/mol. The smallest absolute Gasteiger partial charge is 0.0199 e. The van der Waals surface area contributed by atoms with Gasteiger partial charge in [-0.05, 0) is 116 Å². The zero-order valence-electron chi connectivity index (χ0n) is 24.3. The summed E-state index contributed by atoms with van der Waals surface area (Å²) < 4.78 is 0. The minimum absolute atomic E-state index is 0. The van der Waals surface area contributed by atoms with E-state index in [-0.39, 0.29) is 20.1 Å². The van der Waals surface area contributed by atoms with Crippen LogP contribution < -0.4 is 0 Å². The summed E-state index contributed by atoms with van der Waals surface area (Å²) in [5, 5.41) is 3.68. The molecule has 2 atom stereocenters. The van der Waals surface area contributed by atoms with Crippen LogP contribution in [0.3, 0.4) is 0 Å². The fourth-order valence-corrected chi connectivity index (χ4v) is 7.78. The van der Waals surface area contributed by atoms with Crippen molar-refractivity contribution in [2.75, 3.05) is 0 Å². The molecule has 1 fully saturated rings. The van der Waals surface area contributed by atoms with E-state index in [0.29, 0.717) is 11.8 Å². The van der Waals surface area contributed by atoms with Crippen molar-refractivity contribution >= 4 is 21.7 Å². The molecule has 0 saturated heterocycles. The number of hydrogen-bond acceptors (Lipinski definition) is 1. The van der Waals surface area contributed by atoms with Crippen LogP contribution in [0.1, 0.15) is 42.2 Å². The van der Waals surface area contributed by atoms with E-state index in [1.165, 1.54) is 80.1 Å². The first-order valence-corrected chi connectivity index (χ1v) is 15.4. The van der Waals surface area contributed by atoms with Crippen molar-refractivity contribution in [2.45, 2.75) is 31.1 Å². The Morgan fingerprint density at radius 2 is 1.14 bits per heavy atom. The SMILES string of the molecule is [Ir].[c-]1ccc(-c2cccc(-c3cc(-c4ccccc4)cc(-c4ccccc4)c3)c2)c2ccc3c4c(cnc3c12)C1CCC4C1. The zero-order valence-corrected chi connectivity index (χ0v) is 26.7. The van der Waals surface area contributed by atoms with Gasteiger partial charge in [-0.1, -0.05) is 102 Å². The van der Waals surface area contributed by atoms with Gasteiger partial charge in [0.1, 0.15) is 0 Å². The molecular formula is C42H30IrN-. The molecule has 7 aromatic rings. The summed E-state index contributed by atoms with van der Waals surface area (Å²) in [7, 11) is 0. The molecule has 2 bridgehead atoms. The van der Waals surface area contributed by atoms with Crippen LogP contribution in [0.15, 0.2) is 134 Å². The van der Waals surface area contributed by atoms with E-state index in [4.69, 9.17) is 4.98 Å². The molecule has 0 amide bonds. The van der Waals surface area contributed by atoms with Gasteiger partial charge >= 0.3 is 0 Å². The Kier molecular flexibility index (Phi) is 6.78. The van der Waals surface area contributed by atoms with Gasteiger partial charge in [-0.15, -0.1) is 23.6 Å². The average Bonchev–Trinajstić information content (AvgIpc) is 3.72. The molecular weight excluding hydrogens is 711 g/mol. The van der Waals surface area contributed by atoms with Gasteiger partial charge in [-0.3, -0.25) is 0 Å². The molecule has 1 aromatic heterocycles. The van der Waals surface area contributed by atoms with E-state index >= 15 is 0 Å². The van der Waals surface area contributed by atoms with Gasteiger partial charge in [0.15, 0.2) is 0 Å². The van der Waals surface area contributed by atoms with Crippen LogP contribution in [-0.4, -0.2) is 4.98 Å². The van der Waals surface area contributed by atoms with Crippen LogP contribution in [0, 0.1) is 6.07 Å². The number of pyridine rings is 1. The van der Waals surface area contributed by atoms with Crippen LogP contribution in [0.2, 0.25) is 0 Å². The predicted molar refractivity (Wildman–Crippen MR) is 179 cm³/mol. The van der Waals surface area contributed by atoms with Crippen molar-refractivity contribution in [3.63, 3.8) is 0 Å². The van der Waals surface area contributed by atoms with Gasteiger partial charge in [0.05, 0.1) is 0 Å². The molecule has 1 nitrogen and oxygen atoms in total. The predicted octanol–water partition coefficient (Wildman–Crippen LogP) is 11.2. The van der Waals surface area contributed by atoms with Crippen LogP contribution >= 0.6 is 0 Å². The summed E-state index contributed by atoms with van der Waals surface area (Å²) in [5.74, 6) is 1.42. The summed E-state index contributed by atoms with van der Waals surface area (Å²) >= 11 is 0. The molecule has 0 N–H and O–H groups in total. The summed E-state index contributed by atoms with van der Waals surface area (Å²) in [6, 6.07) is 49.8. The standard InChI is InChI=1S/C42H30N.Ir/c1-3-9-27(10-4-1)33-23-34(28-11-5-2-6-12-28)25-35(24-33)29-13-7-14-30(21-29)36-15-8-16-38-37(36)19-20-39-41-32-18-17-31(22-32)40(41)26-43-42(38)39;/h1-15,19-21,23-26,31-32H,17-18,22H2;/q-1;. The Morgan fingerprint density at radius 1 is 0.545 bits per heavy atom. The molecule has 1 saturated carbocycles. The fourth-order valence-electron chi connectivity index (χ4n) is 7.78. The molecule has 2 unspecified atom stereocenters. The Balaban J connectivity index is 0.00000289. The number of fused-ring (bicyclic) bond motifs is 9. The number of rotatable bonds is 4. The normalized spacial score (nSPS) is 16.6. The Bertz CT molecular complexity index is 2110. The van der Waals surface area contributed by atoms with Gasteiger partial charge in [0, 0.05) is 26.3 Å². The number of hydrogen-bond donors (Lipinski definition) is 0. The Labute approximate surface area is 272 Å². The molecule has 0 spiro atoms. The molecule has 2 aliphatic rings. The maximum absolute atomic E-state index is 5.05. The van der Waals surface area contributed by atoms with Crippen LogP contribution in [0.5, 0.6) is 0 Å². The maximum Gasteiger partial charge on any atom is 0.0199 e. The summed E-state index contributed by atoms with van der Waals surface area (Å²) in [4.78, 5) is 5.05. The molecule has 0 aliphatic heterocycles. The minimum Gasteiger partial charge on any atom is -0.304 e. The number of aromatic nitrogens is 1. The van der Waals surface area contributed by atoms with E-state index in [0.717, 1.165) is 10.9 Å². The largest absolute Gasteiger partial charge is 0.304 e. The summed E-state index contributed by atoms with van der Waals surface area (Å²) in [5.41, 5.74) is 13.9. The molecule has 1 heterocycles. The fraction of sp³-hybridized carbons (Fsp3) is 0.119. The van der Waals surface area contributed by atoms with E-state index in [2.05, 4.69) is 140 Å². The Hall–Kier alpha value is -4.36. The molecule has 213 valence electrons. The summed E-state index contributed by atoms with van der Waals surface area (Å²) in [6.07, 6.45) is 6.13. The number of benzene rings is 6. The molecule has 2 heteroatoms. The molecule has 44 heavy (non-hydrogen) atoms. The van der Waals surface area contributed by atoms with E-state index < -0.39 is 0 Å². The van der Waals surface area contributed by atoms with Crippen molar-refractivity contribution in [1.29, 1.82) is 0 Å². The first-order valence-electron chi connectivity index (χ1n) is 15.4. The first kappa shape index (κ1) is 27.2. The number of nitrogens with zero attached hydrogens (tertiary/aromatic N) is 1. The quantitative estimate of drug-likeness (QED) is 0.129. The van der Waals surface area contributed by atoms with Gasteiger partial charge in [-0.2, -0.15) is 0 Å². The van der Waals surface area contributed by atoms with Crippen LogP contribution in [0.25, 0.3) is 66.2 Å². The van der Waals surface area contributed by atoms with Gasteiger partial charge in [0.25, 0.3) is 0 Å². The molecule has 9 rings (SSSR count). The summed E-state index contributed by atoms with van der Waals surface area (Å²) in [6.45, 7) is 0. The molecule has 6 aromatic carbocycles. The van der Waals surface area contributed by atoms with E-state index in [1.807, 2.05) is 0 Å². The van der Waals surface area contributed by atoms with E-state index in [9.17, 15) is 0 Å². The molecule has 2 aliphatic carbocycles. The van der Waals surface area contributed by atoms with Crippen molar-refractivity contribution in [2.24, 2.45) is 0 Å². The van der Waals surface area contributed by atoms with Crippen molar-refractivity contribution in [1.82, 2.24) is 4.98 Å². The minimum atomic E-state index is 0. The topological polar surface area (TPSA) is 12.9 Å². The van der Waals surface area contributed by atoms with Crippen LogP contribution in [-0.2, 0) is 20.1 Å². The zero-order chi connectivity index (χ0) is 28.3. The van der Waals surface area contributed by atoms with Crippen LogP contribution in [0.4, 0.5) is 0 Å². The Morgan fingerprint density at radius 3 is 1.86 bits per heavy atom. The van der Waals surface area contributed by atoms with Crippen molar-refractivity contribution < 1.29 is 20.1 Å². The maximum atomic E-state index is 5.05. The third kappa shape index (κ3) is 4.44. The monoisotopic (exact) mass is 741 g/mol.